The highest BCUT2D eigenvalue weighted by atomic mass is 32.2. The molecule has 1 aromatic heterocycles. The Balaban J connectivity index is 1.43. The minimum absolute atomic E-state index is 0.0483. The van der Waals surface area contributed by atoms with Crippen LogP contribution in [0.5, 0.6) is 0 Å². The number of ether oxygens (including phenoxy) is 1. The third-order valence-electron chi connectivity index (χ3n) is 7.33. The summed E-state index contributed by atoms with van der Waals surface area (Å²) in [7, 11) is -2.06. The van der Waals surface area contributed by atoms with E-state index in [0.717, 1.165) is 0 Å². The maximum atomic E-state index is 12.9. The molecule has 7 heteroatoms. The number of rotatable bonds is 3. The van der Waals surface area contributed by atoms with Crippen molar-refractivity contribution in [2.45, 2.75) is 9.90 Å². The fourth-order valence-corrected chi connectivity index (χ4v) is 9.80. The van der Waals surface area contributed by atoms with Gasteiger partial charge in [0.25, 0.3) is 0 Å². The summed E-state index contributed by atoms with van der Waals surface area (Å²) in [6.07, 6.45) is 2.94. The van der Waals surface area contributed by atoms with Crippen LogP contribution in [0.3, 0.4) is 0 Å². The molecule has 6 aliphatic rings. The molecular formula is C14H12N2O4S. The highest BCUT2D eigenvalue weighted by Crippen LogP contribution is 3.08. The van der Waals surface area contributed by atoms with Crippen molar-refractivity contribution in [3.8, 4) is 0 Å². The summed E-state index contributed by atoms with van der Waals surface area (Å²) in [6, 6.07) is 1.62. The Morgan fingerprint density at radius 3 is 2.10 bits per heavy atom. The molecule has 0 unspecified atom stereocenters. The lowest BCUT2D eigenvalue weighted by Crippen LogP contribution is -3.14. The largest absolute Gasteiger partial charge is 0.469 e. The molecule has 0 aliphatic heterocycles. The van der Waals surface area contributed by atoms with Crippen molar-refractivity contribution in [3.63, 3.8) is 0 Å². The summed E-state index contributed by atoms with van der Waals surface area (Å²) in [4.78, 5) is 19.9. The van der Waals surface area contributed by atoms with Crippen molar-refractivity contribution in [3.05, 3.63) is 18.5 Å². The highest BCUT2D eigenvalue weighted by Gasteiger charge is 3.14. The van der Waals surface area contributed by atoms with Crippen LogP contribution in [0, 0.1) is 40.9 Å². The standard InChI is InChI=1S/C14H12N2O4S/c1-20-11(17)13-5-8-6(13)10-7(13)9(5)14(8,10)21(18,19)12-15-3-2-4-16-12/h2-10H,1H3. The van der Waals surface area contributed by atoms with Gasteiger partial charge in [-0.15, -0.1) is 0 Å². The number of methoxy groups -OCH3 is 1. The van der Waals surface area contributed by atoms with Gasteiger partial charge in [-0.25, -0.2) is 18.4 Å². The Bertz CT molecular complexity index is 780. The van der Waals surface area contributed by atoms with E-state index in [4.69, 9.17) is 4.74 Å². The van der Waals surface area contributed by atoms with Gasteiger partial charge in [-0.1, -0.05) is 0 Å². The van der Waals surface area contributed by atoms with Crippen molar-refractivity contribution in [1.29, 1.82) is 0 Å². The Morgan fingerprint density at radius 1 is 1.10 bits per heavy atom. The van der Waals surface area contributed by atoms with Gasteiger partial charge in [0.15, 0.2) is 0 Å². The number of carbonyl (C=O) groups is 1. The summed E-state index contributed by atoms with van der Waals surface area (Å²) >= 11 is 0. The smallest absolute Gasteiger partial charge is 0.312 e. The van der Waals surface area contributed by atoms with Gasteiger partial charge in [-0.2, -0.15) is 0 Å². The topological polar surface area (TPSA) is 86.2 Å². The summed E-state index contributed by atoms with van der Waals surface area (Å²) in [5.74, 6) is 1.03. The lowest BCUT2D eigenvalue weighted by Gasteiger charge is -3.08. The van der Waals surface area contributed by atoms with Gasteiger partial charge in [0.2, 0.25) is 15.0 Å². The van der Waals surface area contributed by atoms with Gasteiger partial charge >= 0.3 is 5.97 Å². The van der Waals surface area contributed by atoms with Crippen molar-refractivity contribution in [2.75, 3.05) is 7.11 Å². The SMILES string of the molecule is COC(=O)C12C3C4C1C1C2C3C41S(=O)(=O)c1ncccn1. The molecule has 108 valence electrons. The van der Waals surface area contributed by atoms with Crippen LogP contribution < -0.4 is 0 Å². The maximum absolute atomic E-state index is 12.9. The number of carbonyl (C=O) groups excluding carboxylic acids is 1. The Hall–Kier alpha value is -1.50. The van der Waals surface area contributed by atoms with Gasteiger partial charge in [-0.05, 0) is 41.6 Å². The predicted molar refractivity (Wildman–Crippen MR) is 67.3 cm³/mol. The summed E-state index contributed by atoms with van der Waals surface area (Å²) < 4.78 is 30.2. The molecule has 1 aromatic rings. The lowest BCUT2D eigenvalue weighted by atomic mass is 8.96. The Labute approximate surface area is 120 Å². The first-order valence-corrected chi connectivity index (χ1v) is 8.65. The van der Waals surface area contributed by atoms with Crippen molar-refractivity contribution < 1.29 is 17.9 Å². The predicted octanol–water partition coefficient (Wildman–Crippen LogP) is -0.0863. The molecule has 0 N–H and O–H groups in total. The number of aromatic nitrogens is 2. The van der Waals surface area contributed by atoms with E-state index < -0.39 is 14.6 Å². The van der Waals surface area contributed by atoms with Gasteiger partial charge in [0.05, 0.1) is 17.3 Å². The second kappa shape index (κ2) is 2.62. The first kappa shape index (κ1) is 11.1. The zero-order chi connectivity index (χ0) is 14.4. The molecule has 0 amide bonds. The summed E-state index contributed by atoms with van der Waals surface area (Å²) in [5.41, 5.74) is -0.302. The fraction of sp³-hybridized carbons (Fsp3) is 0.643. The first-order valence-electron chi connectivity index (χ1n) is 7.17. The van der Waals surface area contributed by atoms with Gasteiger partial charge in [0.1, 0.15) is 0 Å². The monoisotopic (exact) mass is 304 g/mol. The van der Waals surface area contributed by atoms with E-state index in [0.29, 0.717) is 0 Å². The molecule has 0 atom stereocenters. The Morgan fingerprint density at radius 2 is 1.62 bits per heavy atom. The number of esters is 1. The molecule has 6 fully saturated rings. The molecule has 7 rings (SSSR count). The van der Waals surface area contributed by atoms with Crippen LogP contribution in [0.15, 0.2) is 23.6 Å². The minimum atomic E-state index is -3.48. The first-order chi connectivity index (χ1) is 10.1. The molecule has 0 spiro atoms. The van der Waals surface area contributed by atoms with E-state index in [1.165, 1.54) is 19.5 Å². The maximum Gasteiger partial charge on any atom is 0.312 e. The molecule has 21 heavy (non-hydrogen) atoms. The van der Waals surface area contributed by atoms with Gasteiger partial charge in [-0.3, -0.25) is 4.79 Å². The highest BCUT2D eigenvalue weighted by molar-refractivity contribution is 7.93. The van der Waals surface area contributed by atoms with E-state index in [2.05, 4.69) is 9.97 Å². The number of sulfone groups is 1. The normalized spacial score (nSPS) is 55.9. The number of nitrogens with zero attached hydrogens (tertiary/aromatic N) is 2. The van der Waals surface area contributed by atoms with Gasteiger partial charge in [0, 0.05) is 12.4 Å². The number of hydrogen-bond donors (Lipinski definition) is 0. The molecule has 0 radical (unpaired) electrons. The molecular weight excluding hydrogens is 292 g/mol. The fourth-order valence-electron chi connectivity index (χ4n) is 7.13. The third kappa shape index (κ3) is 0.629. The van der Waals surface area contributed by atoms with Crippen molar-refractivity contribution in [2.24, 2.45) is 40.9 Å². The average Bonchev–Trinajstić information content (AvgIpc) is 2.54. The number of hydrogen-bond acceptors (Lipinski definition) is 6. The van der Waals surface area contributed by atoms with E-state index in [9.17, 15) is 13.2 Å². The zero-order valence-electron chi connectivity index (χ0n) is 11.1. The molecule has 6 aliphatic carbocycles. The van der Waals surface area contributed by atoms with E-state index in [-0.39, 0.29) is 52.0 Å². The van der Waals surface area contributed by atoms with Crippen LogP contribution in [0.4, 0.5) is 0 Å². The van der Waals surface area contributed by atoms with Crippen LogP contribution in [0.2, 0.25) is 0 Å². The quantitative estimate of drug-likeness (QED) is 0.573. The summed E-state index contributed by atoms with van der Waals surface area (Å²) in [6.45, 7) is 0. The van der Waals surface area contributed by atoms with Crippen LogP contribution >= 0.6 is 0 Å². The molecule has 0 saturated heterocycles. The van der Waals surface area contributed by atoms with Crippen LogP contribution in [0.25, 0.3) is 0 Å². The summed E-state index contributed by atoms with van der Waals surface area (Å²) in [5, 5.41) is -0.0483. The zero-order valence-corrected chi connectivity index (χ0v) is 11.9. The second-order valence-electron chi connectivity index (χ2n) is 6.97. The molecule has 1 heterocycles. The second-order valence-corrected chi connectivity index (χ2v) is 9.05. The van der Waals surface area contributed by atoms with Crippen LogP contribution in [0.1, 0.15) is 0 Å². The molecule has 6 saturated carbocycles. The molecule has 0 aromatic carbocycles. The molecule has 6 nitrogen and oxygen atoms in total. The van der Waals surface area contributed by atoms with Crippen molar-refractivity contribution in [1.82, 2.24) is 9.97 Å². The average molecular weight is 304 g/mol. The minimum Gasteiger partial charge on any atom is -0.469 e. The molecule has 0 bridgehead atoms. The van der Waals surface area contributed by atoms with Gasteiger partial charge < -0.3 is 4.74 Å². The van der Waals surface area contributed by atoms with Crippen LogP contribution in [-0.4, -0.2) is 36.2 Å². The van der Waals surface area contributed by atoms with Crippen molar-refractivity contribution >= 4 is 15.8 Å². The Kier molecular flexibility index (Phi) is 1.39. The van der Waals surface area contributed by atoms with Crippen LogP contribution in [-0.2, 0) is 19.4 Å². The lowest BCUT2D eigenvalue weighted by molar-refractivity contribution is -0.582. The third-order valence-corrected chi connectivity index (χ3v) is 9.76. The van der Waals surface area contributed by atoms with E-state index >= 15 is 0 Å². The van der Waals surface area contributed by atoms with E-state index in [1.54, 1.807) is 6.07 Å². The van der Waals surface area contributed by atoms with E-state index in [1.807, 2.05) is 0 Å².